The van der Waals surface area contributed by atoms with Crippen molar-refractivity contribution in [2.24, 2.45) is 7.05 Å². The van der Waals surface area contributed by atoms with Gasteiger partial charge in [-0.1, -0.05) is 0 Å². The Labute approximate surface area is 120 Å². The van der Waals surface area contributed by atoms with Crippen molar-refractivity contribution in [1.82, 2.24) is 8.87 Å². The molecule has 0 unspecified atom stereocenters. The van der Waals surface area contributed by atoms with E-state index in [1.165, 1.54) is 34.1 Å². The van der Waals surface area contributed by atoms with Gasteiger partial charge in [-0.2, -0.15) is 4.31 Å². The lowest BCUT2D eigenvalue weighted by Crippen LogP contribution is -2.38. The van der Waals surface area contributed by atoms with Gasteiger partial charge in [0.25, 0.3) is 0 Å². The van der Waals surface area contributed by atoms with Crippen molar-refractivity contribution in [3.63, 3.8) is 0 Å². The Kier molecular flexibility index (Phi) is 3.22. The number of fused-ring (bicyclic) bond motifs is 1. The number of ketones is 1. The minimum Gasteiger partial charge on any atom is -0.408 e. The summed E-state index contributed by atoms with van der Waals surface area (Å²) >= 11 is 0. The first-order valence-corrected chi connectivity index (χ1v) is 7.95. The fourth-order valence-corrected chi connectivity index (χ4v) is 3.85. The van der Waals surface area contributed by atoms with Crippen LogP contribution in [0.5, 0.6) is 0 Å². The molecule has 1 fully saturated rings. The average molecular weight is 310 g/mol. The lowest BCUT2D eigenvalue weighted by atomic mass is 10.1. The molecule has 0 amide bonds. The van der Waals surface area contributed by atoms with Gasteiger partial charge in [0.05, 0.1) is 10.4 Å². The standard InChI is InChI=1S/C13H14N2O5S/c1-14-11-8-10(2-3-12(11)20-13(14)17)21(18,19)15-6-4-9(16)5-7-15/h2-3,8H,4-7H2,1H3. The highest BCUT2D eigenvalue weighted by Gasteiger charge is 2.29. The number of nitrogens with zero attached hydrogens (tertiary/aromatic N) is 2. The summed E-state index contributed by atoms with van der Waals surface area (Å²) in [5.74, 6) is -0.461. The van der Waals surface area contributed by atoms with Crippen LogP contribution in [-0.4, -0.2) is 36.2 Å². The van der Waals surface area contributed by atoms with E-state index < -0.39 is 15.8 Å². The molecule has 21 heavy (non-hydrogen) atoms. The number of aryl methyl sites for hydroxylation is 1. The summed E-state index contributed by atoms with van der Waals surface area (Å²) in [4.78, 5) is 22.8. The van der Waals surface area contributed by atoms with E-state index in [4.69, 9.17) is 4.42 Å². The number of hydrogen-bond donors (Lipinski definition) is 0. The molecule has 0 spiro atoms. The average Bonchev–Trinajstić information content (AvgIpc) is 2.74. The van der Waals surface area contributed by atoms with Crippen molar-refractivity contribution >= 4 is 26.9 Å². The Hall–Kier alpha value is -1.93. The van der Waals surface area contributed by atoms with Gasteiger partial charge in [0.2, 0.25) is 10.0 Å². The Bertz CT molecular complexity index is 868. The molecule has 2 heterocycles. The van der Waals surface area contributed by atoms with Gasteiger partial charge in [0.1, 0.15) is 5.78 Å². The van der Waals surface area contributed by atoms with Crippen LogP contribution >= 0.6 is 0 Å². The molecular formula is C13H14N2O5S. The van der Waals surface area contributed by atoms with Crippen LogP contribution in [0, 0.1) is 0 Å². The molecule has 3 rings (SSSR count). The number of Topliss-reactive ketones (excluding diaryl/α,β-unsaturated/α-hetero) is 1. The molecular weight excluding hydrogens is 296 g/mol. The lowest BCUT2D eigenvalue weighted by Gasteiger charge is -2.25. The molecule has 0 saturated carbocycles. The summed E-state index contributed by atoms with van der Waals surface area (Å²) in [6.45, 7) is 0.396. The molecule has 0 bridgehead atoms. The van der Waals surface area contributed by atoms with Gasteiger partial charge in [-0.25, -0.2) is 13.2 Å². The van der Waals surface area contributed by atoms with Gasteiger partial charge < -0.3 is 4.42 Å². The predicted octanol–water partition coefficient (Wildman–Crippen LogP) is 0.485. The van der Waals surface area contributed by atoms with E-state index in [9.17, 15) is 18.0 Å². The molecule has 0 aliphatic carbocycles. The number of carbonyl (C=O) groups excluding carboxylic acids is 1. The Morgan fingerprint density at radius 3 is 2.48 bits per heavy atom. The number of rotatable bonds is 2. The maximum atomic E-state index is 12.6. The minimum atomic E-state index is -3.66. The summed E-state index contributed by atoms with van der Waals surface area (Å²) < 4.78 is 32.6. The number of aromatic nitrogens is 1. The van der Waals surface area contributed by atoms with E-state index in [0.29, 0.717) is 11.1 Å². The van der Waals surface area contributed by atoms with Crippen molar-refractivity contribution in [2.45, 2.75) is 17.7 Å². The smallest absolute Gasteiger partial charge is 0.408 e. The number of piperidine rings is 1. The number of benzene rings is 1. The summed E-state index contributed by atoms with van der Waals surface area (Å²) in [6.07, 6.45) is 0.483. The SMILES string of the molecule is Cn1c(=O)oc2ccc(S(=O)(=O)N3CCC(=O)CC3)cc21. The van der Waals surface area contributed by atoms with Gasteiger partial charge in [0, 0.05) is 33.0 Å². The van der Waals surface area contributed by atoms with Crippen molar-refractivity contribution in [3.8, 4) is 0 Å². The van der Waals surface area contributed by atoms with E-state index in [1.807, 2.05) is 0 Å². The zero-order valence-corrected chi connectivity index (χ0v) is 12.2. The zero-order chi connectivity index (χ0) is 15.2. The molecule has 7 nitrogen and oxygen atoms in total. The second kappa shape index (κ2) is 4.81. The highest BCUT2D eigenvalue weighted by atomic mass is 32.2. The molecule has 0 N–H and O–H groups in total. The second-order valence-corrected chi connectivity index (χ2v) is 6.94. The van der Waals surface area contributed by atoms with Gasteiger partial charge in [-0.3, -0.25) is 9.36 Å². The Morgan fingerprint density at radius 1 is 1.14 bits per heavy atom. The quantitative estimate of drug-likeness (QED) is 0.805. The van der Waals surface area contributed by atoms with E-state index in [0.717, 1.165) is 0 Å². The molecule has 1 aliphatic heterocycles. The van der Waals surface area contributed by atoms with Gasteiger partial charge >= 0.3 is 5.76 Å². The third-order valence-electron chi connectivity index (χ3n) is 3.68. The maximum Gasteiger partial charge on any atom is 0.419 e. The lowest BCUT2D eigenvalue weighted by molar-refractivity contribution is -0.120. The third-order valence-corrected chi connectivity index (χ3v) is 5.58. The second-order valence-electron chi connectivity index (χ2n) is 5.00. The zero-order valence-electron chi connectivity index (χ0n) is 11.4. The summed E-state index contributed by atoms with van der Waals surface area (Å²) in [5.41, 5.74) is 0.768. The van der Waals surface area contributed by atoms with Crippen LogP contribution in [0.25, 0.3) is 11.1 Å². The molecule has 0 atom stereocenters. The predicted molar refractivity (Wildman–Crippen MR) is 74.5 cm³/mol. The van der Waals surface area contributed by atoms with E-state index in [-0.39, 0.29) is 36.6 Å². The van der Waals surface area contributed by atoms with Crippen LogP contribution in [0.2, 0.25) is 0 Å². The number of hydrogen-bond acceptors (Lipinski definition) is 5. The molecule has 1 aliphatic rings. The van der Waals surface area contributed by atoms with E-state index >= 15 is 0 Å². The summed E-state index contributed by atoms with van der Waals surface area (Å²) in [6, 6.07) is 4.31. The van der Waals surface area contributed by atoms with Crippen molar-refractivity contribution in [2.75, 3.05) is 13.1 Å². The highest BCUT2D eigenvalue weighted by molar-refractivity contribution is 7.89. The molecule has 1 aromatic carbocycles. The molecule has 1 saturated heterocycles. The van der Waals surface area contributed by atoms with Crippen molar-refractivity contribution in [3.05, 3.63) is 28.7 Å². The monoisotopic (exact) mass is 310 g/mol. The summed E-state index contributed by atoms with van der Waals surface area (Å²) in [5, 5.41) is 0. The maximum absolute atomic E-state index is 12.6. The van der Waals surface area contributed by atoms with Gasteiger partial charge in [-0.05, 0) is 18.2 Å². The molecule has 1 aromatic heterocycles. The molecule has 8 heteroatoms. The minimum absolute atomic E-state index is 0.0779. The van der Waals surface area contributed by atoms with Gasteiger partial charge in [-0.15, -0.1) is 0 Å². The third kappa shape index (κ3) is 2.30. The van der Waals surface area contributed by atoms with Crippen LogP contribution in [-0.2, 0) is 21.9 Å². The first-order valence-electron chi connectivity index (χ1n) is 6.51. The molecule has 2 aromatic rings. The van der Waals surface area contributed by atoms with Crippen molar-refractivity contribution in [1.29, 1.82) is 0 Å². The van der Waals surface area contributed by atoms with Gasteiger partial charge in [0.15, 0.2) is 5.58 Å². The fraction of sp³-hybridized carbons (Fsp3) is 0.385. The van der Waals surface area contributed by atoms with E-state index in [1.54, 1.807) is 0 Å². The van der Waals surface area contributed by atoms with Crippen LogP contribution in [0.4, 0.5) is 0 Å². The number of carbonyl (C=O) groups is 1. The van der Waals surface area contributed by atoms with Crippen LogP contribution in [0.1, 0.15) is 12.8 Å². The molecule has 0 radical (unpaired) electrons. The van der Waals surface area contributed by atoms with Crippen LogP contribution < -0.4 is 5.76 Å². The first kappa shape index (κ1) is 14.0. The summed E-state index contributed by atoms with van der Waals surface area (Å²) in [7, 11) is -2.14. The highest BCUT2D eigenvalue weighted by Crippen LogP contribution is 2.23. The van der Waals surface area contributed by atoms with Crippen LogP contribution in [0.3, 0.4) is 0 Å². The largest absolute Gasteiger partial charge is 0.419 e. The number of sulfonamides is 1. The van der Waals surface area contributed by atoms with Crippen LogP contribution in [0.15, 0.2) is 32.3 Å². The fourth-order valence-electron chi connectivity index (χ4n) is 2.39. The molecule has 112 valence electrons. The van der Waals surface area contributed by atoms with E-state index in [2.05, 4.69) is 0 Å². The first-order chi connectivity index (χ1) is 9.89. The normalized spacial score (nSPS) is 17.5. The topological polar surface area (TPSA) is 89.6 Å². The Morgan fingerprint density at radius 2 is 1.81 bits per heavy atom. The Balaban J connectivity index is 2.04. The van der Waals surface area contributed by atoms with Crippen molar-refractivity contribution < 1.29 is 17.6 Å². The number of oxazole rings is 1.